The molecule has 3 aliphatic heterocycles. The minimum Gasteiger partial charge on any atom is -0.326 e. The first kappa shape index (κ1) is 29.3. The van der Waals surface area contributed by atoms with Crippen molar-refractivity contribution in [1.29, 1.82) is 0 Å². The zero-order valence-corrected chi connectivity index (χ0v) is 23.5. The first-order valence-electron chi connectivity index (χ1n) is 13.2. The Hall–Kier alpha value is -3.68. The molecule has 3 amide bonds. The molecule has 0 saturated carbocycles. The summed E-state index contributed by atoms with van der Waals surface area (Å²) >= 11 is 11.1. The van der Waals surface area contributed by atoms with Crippen molar-refractivity contribution in [3.05, 3.63) is 88.5 Å². The highest BCUT2D eigenvalue weighted by Gasteiger charge is 2.17. The standard InChI is InChI=1S/C11H10ClNO2.C11H12ClNO.C9H9NO/c12-6-10(14)8-1-3-9-7(5-8)2-4-11(15)13-9;12-6-5-8-1-3-10-9(7-8)2-4-11(14)13-10;11-9-6-5-7-3-1-2-4-8(7)10-9/h1,3,5H,2,4,6H2,(H,13,15);1,3,7H,2,4-6H2,(H,13,14);1-4H,5-6H2,(H,10,11). The molecule has 3 aromatic carbocycles. The molecule has 0 unspecified atom stereocenters. The number of nitrogens with one attached hydrogen (secondary N) is 3. The van der Waals surface area contributed by atoms with E-state index in [1.165, 1.54) is 16.7 Å². The van der Waals surface area contributed by atoms with Crippen LogP contribution in [0.25, 0.3) is 0 Å². The van der Waals surface area contributed by atoms with Crippen LogP contribution in [0.1, 0.15) is 51.9 Å². The fourth-order valence-corrected chi connectivity index (χ4v) is 5.03. The van der Waals surface area contributed by atoms with Crippen molar-refractivity contribution in [2.45, 2.75) is 44.9 Å². The molecule has 40 heavy (non-hydrogen) atoms. The van der Waals surface area contributed by atoms with E-state index >= 15 is 0 Å². The summed E-state index contributed by atoms with van der Waals surface area (Å²) < 4.78 is 0. The van der Waals surface area contributed by atoms with E-state index in [1.807, 2.05) is 30.3 Å². The van der Waals surface area contributed by atoms with Crippen molar-refractivity contribution in [3.63, 3.8) is 0 Å². The number of anilines is 3. The Labute approximate surface area is 243 Å². The first-order valence-corrected chi connectivity index (χ1v) is 14.3. The zero-order chi connectivity index (χ0) is 28.5. The number of amides is 3. The molecule has 3 aliphatic rings. The van der Waals surface area contributed by atoms with Crippen LogP contribution >= 0.6 is 23.2 Å². The number of carbonyl (C=O) groups excluding carboxylic acids is 4. The van der Waals surface area contributed by atoms with Gasteiger partial charge in [0.1, 0.15) is 0 Å². The van der Waals surface area contributed by atoms with E-state index < -0.39 is 0 Å². The topological polar surface area (TPSA) is 104 Å². The highest BCUT2D eigenvalue weighted by atomic mass is 35.5. The summed E-state index contributed by atoms with van der Waals surface area (Å²) in [5.41, 5.74) is 8.07. The fourth-order valence-electron chi connectivity index (χ4n) is 4.66. The van der Waals surface area contributed by atoms with Gasteiger partial charge in [0.2, 0.25) is 17.7 Å². The van der Waals surface area contributed by atoms with Gasteiger partial charge in [-0.15, -0.1) is 23.2 Å². The Bertz CT molecular complexity index is 1420. The molecule has 6 rings (SSSR count). The van der Waals surface area contributed by atoms with Gasteiger partial charge in [0.15, 0.2) is 5.78 Å². The average molecular weight is 581 g/mol. The lowest BCUT2D eigenvalue weighted by atomic mass is 9.99. The lowest BCUT2D eigenvalue weighted by Gasteiger charge is -2.17. The highest BCUT2D eigenvalue weighted by molar-refractivity contribution is 6.30. The second kappa shape index (κ2) is 14.1. The van der Waals surface area contributed by atoms with Gasteiger partial charge in [-0.25, -0.2) is 0 Å². The normalized spacial score (nSPS) is 14.8. The van der Waals surface area contributed by atoms with Crippen LogP contribution in [0.15, 0.2) is 60.7 Å². The molecule has 208 valence electrons. The van der Waals surface area contributed by atoms with Crippen LogP contribution in [-0.4, -0.2) is 35.3 Å². The quantitative estimate of drug-likeness (QED) is 0.263. The van der Waals surface area contributed by atoms with Gasteiger partial charge >= 0.3 is 0 Å². The molecule has 3 N–H and O–H groups in total. The molecule has 0 fully saturated rings. The van der Waals surface area contributed by atoms with Gasteiger partial charge in [0.25, 0.3) is 0 Å². The third-order valence-electron chi connectivity index (χ3n) is 6.81. The summed E-state index contributed by atoms with van der Waals surface area (Å²) in [6, 6.07) is 19.3. The van der Waals surface area contributed by atoms with Gasteiger partial charge in [0.05, 0.1) is 5.88 Å². The molecule has 0 aliphatic carbocycles. The Morgan fingerprint density at radius 2 is 1.15 bits per heavy atom. The van der Waals surface area contributed by atoms with E-state index in [1.54, 1.807) is 18.2 Å². The third-order valence-corrected chi connectivity index (χ3v) is 7.24. The van der Waals surface area contributed by atoms with Crippen LogP contribution < -0.4 is 16.0 Å². The lowest BCUT2D eigenvalue weighted by molar-refractivity contribution is -0.117. The van der Waals surface area contributed by atoms with E-state index in [2.05, 4.69) is 28.1 Å². The number of halogens is 2. The Balaban J connectivity index is 0.000000140. The third kappa shape index (κ3) is 7.93. The van der Waals surface area contributed by atoms with Crippen LogP contribution in [0, 0.1) is 0 Å². The van der Waals surface area contributed by atoms with Crippen LogP contribution in [0.3, 0.4) is 0 Å². The smallest absolute Gasteiger partial charge is 0.224 e. The van der Waals surface area contributed by atoms with E-state index in [4.69, 9.17) is 23.2 Å². The van der Waals surface area contributed by atoms with Gasteiger partial charge in [0, 0.05) is 47.8 Å². The number of hydrogen-bond donors (Lipinski definition) is 3. The number of carbonyl (C=O) groups is 4. The number of ketones is 1. The van der Waals surface area contributed by atoms with Gasteiger partial charge in [-0.1, -0.05) is 30.3 Å². The number of benzene rings is 3. The van der Waals surface area contributed by atoms with Crippen LogP contribution in [-0.2, 0) is 40.1 Å². The van der Waals surface area contributed by atoms with Gasteiger partial charge < -0.3 is 16.0 Å². The number of fused-ring (bicyclic) bond motifs is 3. The maximum absolute atomic E-state index is 11.3. The van der Waals surface area contributed by atoms with Crippen molar-refractivity contribution >= 4 is 63.8 Å². The van der Waals surface area contributed by atoms with Crippen molar-refractivity contribution in [2.75, 3.05) is 27.7 Å². The summed E-state index contributed by atoms with van der Waals surface area (Å²) in [4.78, 5) is 44.5. The van der Waals surface area contributed by atoms with E-state index in [0.717, 1.165) is 41.9 Å². The summed E-state index contributed by atoms with van der Waals surface area (Å²) in [5.74, 6) is 0.817. The molecule has 0 radical (unpaired) electrons. The molecule has 3 aromatic rings. The van der Waals surface area contributed by atoms with Crippen molar-refractivity contribution in [3.8, 4) is 0 Å². The Kier molecular flexibility index (Phi) is 10.3. The molecular formula is C31H31Cl2N3O4. The molecule has 3 heterocycles. The second-order valence-corrected chi connectivity index (χ2v) is 10.3. The van der Waals surface area contributed by atoms with Gasteiger partial charge in [-0.2, -0.15) is 0 Å². The summed E-state index contributed by atoms with van der Waals surface area (Å²) in [6.45, 7) is 0. The minimum atomic E-state index is -0.0867. The fraction of sp³-hybridized carbons (Fsp3) is 0.290. The summed E-state index contributed by atoms with van der Waals surface area (Å²) in [5, 5.41) is 8.44. The Morgan fingerprint density at radius 3 is 1.75 bits per heavy atom. The number of para-hydroxylation sites is 1. The number of hydrogen-bond acceptors (Lipinski definition) is 4. The first-order chi connectivity index (χ1) is 19.4. The second-order valence-electron chi connectivity index (χ2n) is 9.66. The molecule has 0 atom stereocenters. The van der Waals surface area contributed by atoms with Gasteiger partial charge in [-0.05, 0) is 78.3 Å². The predicted molar refractivity (Wildman–Crippen MR) is 160 cm³/mol. The van der Waals surface area contributed by atoms with Crippen LogP contribution in [0.5, 0.6) is 0 Å². The molecule has 7 nitrogen and oxygen atoms in total. The van der Waals surface area contributed by atoms with E-state index in [9.17, 15) is 19.2 Å². The average Bonchev–Trinajstić information content (AvgIpc) is 2.97. The predicted octanol–water partition coefficient (Wildman–Crippen LogP) is 5.92. The summed E-state index contributed by atoms with van der Waals surface area (Å²) in [6.07, 6.45) is 4.99. The van der Waals surface area contributed by atoms with E-state index in [-0.39, 0.29) is 29.4 Å². The SMILES string of the molecule is O=C1CCc2cc(C(=O)CCl)ccc2N1.O=C1CCc2cc(CCCl)ccc2N1.O=C1CCc2ccccc2N1. The largest absolute Gasteiger partial charge is 0.326 e. The van der Waals surface area contributed by atoms with Crippen LogP contribution in [0.4, 0.5) is 17.1 Å². The maximum Gasteiger partial charge on any atom is 0.224 e. The maximum atomic E-state index is 11.3. The molecule has 0 spiro atoms. The summed E-state index contributed by atoms with van der Waals surface area (Å²) in [7, 11) is 0. The minimum absolute atomic E-state index is 0.00878. The van der Waals surface area contributed by atoms with Crippen LogP contribution in [0.2, 0.25) is 0 Å². The lowest BCUT2D eigenvalue weighted by Crippen LogP contribution is -2.19. The number of rotatable bonds is 4. The molecule has 0 saturated heterocycles. The van der Waals surface area contributed by atoms with Crippen molar-refractivity contribution in [1.82, 2.24) is 0 Å². The molecule has 9 heteroatoms. The zero-order valence-electron chi connectivity index (χ0n) is 22.0. The molecule has 0 aromatic heterocycles. The molecular weight excluding hydrogens is 549 g/mol. The molecule has 0 bridgehead atoms. The Morgan fingerprint density at radius 1 is 0.625 bits per heavy atom. The highest BCUT2D eigenvalue weighted by Crippen LogP contribution is 2.25. The van der Waals surface area contributed by atoms with Gasteiger partial charge in [-0.3, -0.25) is 19.2 Å². The number of Topliss-reactive ketones (excluding diaryl/α,β-unsaturated/α-hetero) is 1. The number of alkyl halides is 2. The van der Waals surface area contributed by atoms with E-state index in [0.29, 0.717) is 37.1 Å². The monoisotopic (exact) mass is 579 g/mol. The van der Waals surface area contributed by atoms with Crippen molar-refractivity contribution < 1.29 is 19.2 Å². The van der Waals surface area contributed by atoms with Crippen molar-refractivity contribution in [2.24, 2.45) is 0 Å². The number of aryl methyl sites for hydroxylation is 4.